The van der Waals surface area contributed by atoms with Gasteiger partial charge in [0.25, 0.3) is 0 Å². The molecule has 4 nitrogen and oxygen atoms in total. The van der Waals surface area contributed by atoms with Crippen LogP contribution < -0.4 is 14.2 Å². The number of carbonyl (C=O) groups excluding carboxylic acids is 1. The molecule has 4 heteroatoms. The van der Waals surface area contributed by atoms with Crippen molar-refractivity contribution in [1.29, 1.82) is 0 Å². The molecule has 0 atom stereocenters. The van der Waals surface area contributed by atoms with E-state index in [2.05, 4.69) is 0 Å². The fourth-order valence-corrected chi connectivity index (χ4v) is 3.00. The summed E-state index contributed by atoms with van der Waals surface area (Å²) in [4.78, 5) is 12.4. The van der Waals surface area contributed by atoms with Crippen LogP contribution in [0.1, 0.15) is 34.0 Å². The van der Waals surface area contributed by atoms with Gasteiger partial charge in [0.05, 0.1) is 13.7 Å². The third-order valence-electron chi connectivity index (χ3n) is 4.60. The highest BCUT2D eigenvalue weighted by Gasteiger charge is 2.08. The van der Waals surface area contributed by atoms with Crippen molar-refractivity contribution >= 4 is 11.9 Å². The smallest absolute Gasteiger partial charge is 0.185 e. The van der Waals surface area contributed by atoms with Gasteiger partial charge in [-0.05, 0) is 49.8 Å². The van der Waals surface area contributed by atoms with Crippen LogP contribution in [0.4, 0.5) is 0 Å². The quantitative estimate of drug-likeness (QED) is 0.331. The van der Waals surface area contributed by atoms with Crippen LogP contribution in [0.5, 0.6) is 17.2 Å². The zero-order chi connectivity index (χ0) is 21.3. The molecular formula is C26H26O4. The number of aryl methyl sites for hydroxylation is 1. The third-order valence-corrected chi connectivity index (χ3v) is 4.60. The van der Waals surface area contributed by atoms with Crippen molar-refractivity contribution in [2.75, 3.05) is 13.7 Å². The van der Waals surface area contributed by atoms with E-state index in [0.29, 0.717) is 30.3 Å². The van der Waals surface area contributed by atoms with Crippen LogP contribution in [-0.4, -0.2) is 19.5 Å². The van der Waals surface area contributed by atoms with Crippen LogP contribution in [-0.2, 0) is 6.61 Å². The number of para-hydroxylation sites is 2. The number of hydrogen-bond donors (Lipinski definition) is 0. The molecule has 30 heavy (non-hydrogen) atoms. The number of ketones is 1. The summed E-state index contributed by atoms with van der Waals surface area (Å²) in [6.07, 6.45) is 3.39. The molecule has 3 aromatic carbocycles. The van der Waals surface area contributed by atoms with E-state index in [1.807, 2.05) is 80.6 Å². The molecule has 0 fully saturated rings. The molecule has 0 unspecified atom stereocenters. The SMILES string of the molecule is CCOc1ccccc1OCc1cc(/C=C/C(=O)c2ccc(C)cc2)ccc1OC. The second kappa shape index (κ2) is 10.3. The van der Waals surface area contributed by atoms with Gasteiger partial charge in [0, 0.05) is 11.1 Å². The Labute approximate surface area is 177 Å². The second-order valence-corrected chi connectivity index (χ2v) is 6.80. The van der Waals surface area contributed by atoms with Gasteiger partial charge in [-0.3, -0.25) is 4.79 Å². The Kier molecular flexibility index (Phi) is 7.28. The van der Waals surface area contributed by atoms with E-state index in [9.17, 15) is 4.79 Å². The van der Waals surface area contributed by atoms with Gasteiger partial charge in [0.1, 0.15) is 12.4 Å². The number of carbonyl (C=O) groups is 1. The summed E-state index contributed by atoms with van der Waals surface area (Å²) < 4.78 is 17.1. The van der Waals surface area contributed by atoms with E-state index in [-0.39, 0.29) is 5.78 Å². The Balaban J connectivity index is 1.75. The lowest BCUT2D eigenvalue weighted by molar-refractivity contribution is 0.104. The van der Waals surface area contributed by atoms with E-state index in [1.165, 1.54) is 0 Å². The zero-order valence-corrected chi connectivity index (χ0v) is 17.6. The number of allylic oxidation sites excluding steroid dienone is 1. The molecule has 0 radical (unpaired) electrons. The average Bonchev–Trinajstić information content (AvgIpc) is 2.77. The molecule has 3 aromatic rings. The van der Waals surface area contributed by atoms with Gasteiger partial charge in [-0.1, -0.05) is 54.1 Å². The fourth-order valence-electron chi connectivity index (χ4n) is 3.00. The molecule has 0 bridgehead atoms. The largest absolute Gasteiger partial charge is 0.496 e. The minimum Gasteiger partial charge on any atom is -0.496 e. The van der Waals surface area contributed by atoms with E-state index < -0.39 is 0 Å². The first-order valence-electron chi connectivity index (χ1n) is 9.91. The normalized spacial score (nSPS) is 10.8. The highest BCUT2D eigenvalue weighted by atomic mass is 16.5. The lowest BCUT2D eigenvalue weighted by Crippen LogP contribution is -2.01. The summed E-state index contributed by atoms with van der Waals surface area (Å²) in [6, 6.07) is 20.9. The molecule has 3 rings (SSSR count). The molecule has 0 saturated carbocycles. The Morgan fingerprint density at radius 1 is 0.900 bits per heavy atom. The summed E-state index contributed by atoms with van der Waals surface area (Å²) >= 11 is 0. The lowest BCUT2D eigenvalue weighted by Gasteiger charge is -2.14. The summed E-state index contributed by atoms with van der Waals surface area (Å²) in [6.45, 7) is 4.82. The maximum atomic E-state index is 12.4. The molecule has 0 N–H and O–H groups in total. The number of rotatable bonds is 9. The molecule has 0 saturated heterocycles. The number of ether oxygens (including phenoxy) is 3. The topological polar surface area (TPSA) is 44.8 Å². The van der Waals surface area contributed by atoms with Gasteiger partial charge in [-0.2, -0.15) is 0 Å². The molecule has 0 aliphatic rings. The lowest BCUT2D eigenvalue weighted by atomic mass is 10.1. The number of methoxy groups -OCH3 is 1. The van der Waals surface area contributed by atoms with Crippen LogP contribution in [0, 0.1) is 6.92 Å². The standard InChI is InChI=1S/C26H26O4/c1-4-29-25-7-5-6-8-26(25)30-18-22-17-20(12-16-24(22)28-3)11-15-23(27)21-13-9-19(2)10-14-21/h5-17H,4,18H2,1-3H3/b15-11+. The summed E-state index contributed by atoms with van der Waals surface area (Å²) in [7, 11) is 1.63. The number of benzene rings is 3. The molecule has 0 aliphatic carbocycles. The fraction of sp³-hybridized carbons (Fsp3) is 0.192. The van der Waals surface area contributed by atoms with Crippen LogP contribution in [0.15, 0.2) is 72.8 Å². The first kappa shape index (κ1) is 21.2. The molecule has 0 spiro atoms. The van der Waals surface area contributed by atoms with Crippen LogP contribution in [0.2, 0.25) is 0 Å². The Morgan fingerprint density at radius 2 is 1.60 bits per heavy atom. The number of hydrogen-bond acceptors (Lipinski definition) is 4. The van der Waals surface area contributed by atoms with Gasteiger partial charge >= 0.3 is 0 Å². The van der Waals surface area contributed by atoms with Gasteiger partial charge in [-0.25, -0.2) is 0 Å². The van der Waals surface area contributed by atoms with Gasteiger partial charge in [0.15, 0.2) is 17.3 Å². The van der Waals surface area contributed by atoms with Gasteiger partial charge in [-0.15, -0.1) is 0 Å². The maximum Gasteiger partial charge on any atom is 0.185 e. The summed E-state index contributed by atoms with van der Waals surface area (Å²) in [5.41, 5.74) is 3.57. The van der Waals surface area contributed by atoms with E-state index in [4.69, 9.17) is 14.2 Å². The molecule has 0 aromatic heterocycles. The van der Waals surface area contributed by atoms with Crippen molar-refractivity contribution in [1.82, 2.24) is 0 Å². The summed E-state index contributed by atoms with van der Waals surface area (Å²) in [5, 5.41) is 0. The van der Waals surface area contributed by atoms with Crippen molar-refractivity contribution in [3.05, 3.63) is 95.1 Å². The Bertz CT molecular complexity index is 1020. The minimum atomic E-state index is -0.0331. The zero-order valence-electron chi connectivity index (χ0n) is 17.6. The molecule has 0 amide bonds. The van der Waals surface area contributed by atoms with E-state index in [0.717, 1.165) is 22.4 Å². The van der Waals surface area contributed by atoms with Crippen LogP contribution in [0.25, 0.3) is 6.08 Å². The molecule has 0 aliphatic heterocycles. The van der Waals surface area contributed by atoms with Crippen molar-refractivity contribution in [2.45, 2.75) is 20.5 Å². The van der Waals surface area contributed by atoms with Crippen LogP contribution in [0.3, 0.4) is 0 Å². The first-order chi connectivity index (χ1) is 14.6. The van der Waals surface area contributed by atoms with Crippen LogP contribution >= 0.6 is 0 Å². The highest BCUT2D eigenvalue weighted by Crippen LogP contribution is 2.29. The Morgan fingerprint density at radius 3 is 2.27 bits per heavy atom. The predicted octanol–water partition coefficient (Wildman–Crippen LogP) is 5.88. The second-order valence-electron chi connectivity index (χ2n) is 6.80. The molecule has 0 heterocycles. The van der Waals surface area contributed by atoms with Gasteiger partial charge < -0.3 is 14.2 Å². The van der Waals surface area contributed by atoms with E-state index in [1.54, 1.807) is 19.3 Å². The predicted molar refractivity (Wildman–Crippen MR) is 119 cm³/mol. The van der Waals surface area contributed by atoms with Crippen molar-refractivity contribution in [3.8, 4) is 17.2 Å². The Hall–Kier alpha value is -3.53. The highest BCUT2D eigenvalue weighted by molar-refractivity contribution is 6.06. The minimum absolute atomic E-state index is 0.0331. The average molecular weight is 402 g/mol. The van der Waals surface area contributed by atoms with Crippen molar-refractivity contribution < 1.29 is 19.0 Å². The third kappa shape index (κ3) is 5.51. The summed E-state index contributed by atoms with van der Waals surface area (Å²) in [5.74, 6) is 2.08. The van der Waals surface area contributed by atoms with Crippen molar-refractivity contribution in [2.24, 2.45) is 0 Å². The molecule has 154 valence electrons. The van der Waals surface area contributed by atoms with Gasteiger partial charge in [0.2, 0.25) is 0 Å². The van der Waals surface area contributed by atoms with Crippen molar-refractivity contribution in [3.63, 3.8) is 0 Å². The first-order valence-corrected chi connectivity index (χ1v) is 9.91. The van der Waals surface area contributed by atoms with E-state index >= 15 is 0 Å². The monoisotopic (exact) mass is 402 g/mol. The maximum absolute atomic E-state index is 12.4. The molecular weight excluding hydrogens is 376 g/mol.